The van der Waals surface area contributed by atoms with Gasteiger partial charge in [0, 0.05) is 16.5 Å². The average Bonchev–Trinajstić information content (AvgIpc) is 3.08. The first-order chi connectivity index (χ1) is 12.9. The third kappa shape index (κ3) is 2.70. The molecular weight excluding hydrogens is 322 g/mol. The Kier molecular flexibility index (Phi) is 3.79. The molecule has 0 radical (unpaired) electrons. The second-order valence-corrected chi connectivity index (χ2v) is 6.99. The number of anilines is 1. The standard InChI is InChI=1S/C21H21N5/c1-2-6-16(7-3-1)14-25-10-12-26(13-11-25)21-20-19(22-15-23-21)17-8-4-5-9-18(17)24-20/h1-9,15,24H,10-14H2/p+1. The second-order valence-electron chi connectivity index (χ2n) is 6.99. The number of aromatic nitrogens is 3. The van der Waals surface area contributed by atoms with Crippen molar-refractivity contribution < 1.29 is 4.90 Å². The number of quaternary nitrogens is 1. The van der Waals surface area contributed by atoms with E-state index in [1.165, 1.54) is 10.9 Å². The van der Waals surface area contributed by atoms with E-state index in [1.54, 1.807) is 11.2 Å². The first kappa shape index (κ1) is 15.3. The molecule has 1 aliphatic heterocycles. The molecule has 5 nitrogen and oxygen atoms in total. The van der Waals surface area contributed by atoms with Crippen LogP contribution in [0.4, 0.5) is 5.82 Å². The number of benzene rings is 2. The number of hydrogen-bond acceptors (Lipinski definition) is 3. The lowest BCUT2D eigenvalue weighted by Gasteiger charge is -2.33. The fraction of sp³-hybridized carbons (Fsp3) is 0.238. The van der Waals surface area contributed by atoms with Crippen LogP contribution in [0.15, 0.2) is 60.9 Å². The van der Waals surface area contributed by atoms with Gasteiger partial charge in [-0.3, -0.25) is 0 Å². The van der Waals surface area contributed by atoms with Gasteiger partial charge in [-0.1, -0.05) is 48.5 Å². The van der Waals surface area contributed by atoms with Crippen molar-refractivity contribution in [2.75, 3.05) is 31.1 Å². The number of rotatable bonds is 3. The van der Waals surface area contributed by atoms with Crippen LogP contribution < -0.4 is 9.80 Å². The summed E-state index contributed by atoms with van der Waals surface area (Å²) in [5.41, 5.74) is 4.61. The summed E-state index contributed by atoms with van der Waals surface area (Å²) < 4.78 is 0. The molecule has 1 aliphatic rings. The SMILES string of the molecule is c1ccc(C[NH+]2CCN(c3ncnc4c3[nH]c3ccccc34)CC2)cc1. The third-order valence-corrected chi connectivity index (χ3v) is 5.34. The van der Waals surface area contributed by atoms with E-state index < -0.39 is 0 Å². The topological polar surface area (TPSA) is 49.2 Å². The summed E-state index contributed by atoms with van der Waals surface area (Å²) in [4.78, 5) is 16.7. The number of piperazine rings is 1. The Morgan fingerprint density at radius 3 is 2.54 bits per heavy atom. The minimum absolute atomic E-state index is 1.02. The van der Waals surface area contributed by atoms with E-state index in [-0.39, 0.29) is 0 Å². The highest BCUT2D eigenvalue weighted by atomic mass is 15.3. The van der Waals surface area contributed by atoms with E-state index in [4.69, 9.17) is 0 Å². The van der Waals surface area contributed by atoms with Gasteiger partial charge in [0.05, 0.1) is 26.2 Å². The van der Waals surface area contributed by atoms with Gasteiger partial charge in [-0.2, -0.15) is 0 Å². The first-order valence-corrected chi connectivity index (χ1v) is 9.22. The Morgan fingerprint density at radius 1 is 0.923 bits per heavy atom. The van der Waals surface area contributed by atoms with Crippen molar-refractivity contribution in [2.24, 2.45) is 0 Å². The van der Waals surface area contributed by atoms with Crippen LogP contribution >= 0.6 is 0 Å². The molecule has 0 spiro atoms. The summed E-state index contributed by atoms with van der Waals surface area (Å²) in [5.74, 6) is 1.03. The maximum atomic E-state index is 4.61. The van der Waals surface area contributed by atoms with Gasteiger partial charge < -0.3 is 14.8 Å². The number of nitrogens with zero attached hydrogens (tertiary/aromatic N) is 3. The van der Waals surface area contributed by atoms with E-state index in [0.29, 0.717) is 0 Å². The second kappa shape index (κ2) is 6.42. The molecular formula is C21H22N5+. The normalized spacial score (nSPS) is 15.8. The van der Waals surface area contributed by atoms with Gasteiger partial charge in [0.15, 0.2) is 5.82 Å². The van der Waals surface area contributed by atoms with E-state index in [1.807, 2.05) is 0 Å². The smallest absolute Gasteiger partial charge is 0.156 e. The molecule has 3 heterocycles. The molecule has 2 N–H and O–H groups in total. The molecule has 26 heavy (non-hydrogen) atoms. The molecule has 2 aromatic carbocycles. The maximum Gasteiger partial charge on any atom is 0.156 e. The molecule has 2 aromatic heterocycles. The summed E-state index contributed by atoms with van der Waals surface area (Å²) in [6, 6.07) is 19.1. The van der Waals surface area contributed by atoms with Crippen LogP contribution in [0.25, 0.3) is 21.9 Å². The van der Waals surface area contributed by atoms with Gasteiger partial charge in [-0.25, -0.2) is 9.97 Å². The lowest BCUT2D eigenvalue weighted by molar-refractivity contribution is -0.914. The lowest BCUT2D eigenvalue weighted by atomic mass is 10.2. The van der Waals surface area contributed by atoms with Gasteiger partial charge in [0.2, 0.25) is 0 Å². The fourth-order valence-electron chi connectivity index (χ4n) is 3.96. The molecule has 4 aromatic rings. The van der Waals surface area contributed by atoms with E-state index in [0.717, 1.165) is 55.1 Å². The number of hydrogen-bond donors (Lipinski definition) is 2. The molecule has 1 fully saturated rings. The predicted octanol–water partition coefficient (Wildman–Crippen LogP) is 2.02. The van der Waals surface area contributed by atoms with Crippen LogP contribution in [0, 0.1) is 0 Å². The summed E-state index contributed by atoms with van der Waals surface area (Å²) in [6.45, 7) is 5.38. The van der Waals surface area contributed by atoms with Crippen molar-refractivity contribution in [1.82, 2.24) is 15.0 Å². The van der Waals surface area contributed by atoms with Crippen molar-refractivity contribution in [3.63, 3.8) is 0 Å². The van der Waals surface area contributed by atoms with Gasteiger partial charge in [-0.15, -0.1) is 0 Å². The number of para-hydroxylation sites is 1. The number of fused-ring (bicyclic) bond motifs is 3. The molecule has 0 unspecified atom stereocenters. The van der Waals surface area contributed by atoms with Crippen molar-refractivity contribution in [3.05, 3.63) is 66.5 Å². The molecule has 5 heteroatoms. The fourth-order valence-corrected chi connectivity index (χ4v) is 3.96. The highest BCUT2D eigenvalue weighted by Crippen LogP contribution is 2.28. The van der Waals surface area contributed by atoms with Crippen LogP contribution in [0.2, 0.25) is 0 Å². The predicted molar refractivity (Wildman–Crippen MR) is 104 cm³/mol. The van der Waals surface area contributed by atoms with Crippen molar-refractivity contribution in [3.8, 4) is 0 Å². The molecule has 0 aliphatic carbocycles. The number of aromatic amines is 1. The van der Waals surface area contributed by atoms with Crippen LogP contribution in [0.3, 0.4) is 0 Å². The zero-order chi connectivity index (χ0) is 17.3. The average molecular weight is 344 g/mol. The van der Waals surface area contributed by atoms with Crippen LogP contribution in [-0.2, 0) is 6.54 Å². The molecule has 0 saturated carbocycles. The van der Waals surface area contributed by atoms with Crippen molar-refractivity contribution in [2.45, 2.75) is 6.54 Å². The zero-order valence-electron chi connectivity index (χ0n) is 14.7. The molecule has 5 rings (SSSR count). The van der Waals surface area contributed by atoms with Gasteiger partial charge in [0.25, 0.3) is 0 Å². The minimum atomic E-state index is 1.02. The monoisotopic (exact) mass is 344 g/mol. The van der Waals surface area contributed by atoms with Crippen LogP contribution in [-0.4, -0.2) is 41.1 Å². The van der Waals surface area contributed by atoms with E-state index >= 15 is 0 Å². The van der Waals surface area contributed by atoms with Crippen molar-refractivity contribution in [1.29, 1.82) is 0 Å². The highest BCUT2D eigenvalue weighted by molar-refractivity contribution is 6.08. The Morgan fingerprint density at radius 2 is 1.69 bits per heavy atom. The third-order valence-electron chi connectivity index (χ3n) is 5.34. The summed E-state index contributed by atoms with van der Waals surface area (Å²) in [7, 11) is 0. The van der Waals surface area contributed by atoms with Crippen LogP contribution in [0.5, 0.6) is 0 Å². The molecule has 1 saturated heterocycles. The quantitative estimate of drug-likeness (QED) is 0.598. The zero-order valence-corrected chi connectivity index (χ0v) is 14.7. The van der Waals surface area contributed by atoms with E-state index in [2.05, 4.69) is 74.4 Å². The van der Waals surface area contributed by atoms with Gasteiger partial charge in [0.1, 0.15) is 23.9 Å². The van der Waals surface area contributed by atoms with Gasteiger partial charge in [-0.05, 0) is 6.07 Å². The Bertz CT molecular complexity index is 1030. The highest BCUT2D eigenvalue weighted by Gasteiger charge is 2.23. The Labute approximate surface area is 152 Å². The summed E-state index contributed by atoms with van der Waals surface area (Å²) in [5, 5.41) is 1.17. The summed E-state index contributed by atoms with van der Waals surface area (Å²) in [6.07, 6.45) is 1.70. The van der Waals surface area contributed by atoms with E-state index in [9.17, 15) is 0 Å². The minimum Gasteiger partial charge on any atom is -0.350 e. The molecule has 130 valence electrons. The Balaban J connectivity index is 1.38. The van der Waals surface area contributed by atoms with Gasteiger partial charge >= 0.3 is 0 Å². The maximum absolute atomic E-state index is 4.61. The molecule has 0 atom stereocenters. The number of nitrogens with one attached hydrogen (secondary N) is 2. The largest absolute Gasteiger partial charge is 0.350 e. The lowest BCUT2D eigenvalue weighted by Crippen LogP contribution is -3.13. The molecule has 0 bridgehead atoms. The number of H-pyrrole nitrogens is 1. The van der Waals surface area contributed by atoms with Crippen molar-refractivity contribution >= 4 is 27.8 Å². The Hall–Kier alpha value is -2.92. The summed E-state index contributed by atoms with van der Waals surface area (Å²) >= 11 is 0. The first-order valence-electron chi connectivity index (χ1n) is 9.22. The molecule has 0 amide bonds. The van der Waals surface area contributed by atoms with Crippen LogP contribution in [0.1, 0.15) is 5.56 Å².